The van der Waals surface area contributed by atoms with Crippen LogP contribution >= 0.6 is 0 Å². The maximum atomic E-state index is 6.08. The van der Waals surface area contributed by atoms with Crippen LogP contribution in [0.15, 0.2) is 0 Å². The molecule has 0 aromatic rings. The zero-order valence-electron chi connectivity index (χ0n) is 11.8. The van der Waals surface area contributed by atoms with Gasteiger partial charge in [0.2, 0.25) is 0 Å². The molecule has 0 aromatic carbocycles. The largest absolute Gasteiger partial charge is 0.371 e. The Kier molecular flexibility index (Phi) is 4.11. The van der Waals surface area contributed by atoms with E-state index in [0.29, 0.717) is 12.1 Å². The molecule has 0 aliphatic carbocycles. The summed E-state index contributed by atoms with van der Waals surface area (Å²) in [6.07, 6.45) is 4.17. The van der Waals surface area contributed by atoms with E-state index in [0.717, 1.165) is 12.5 Å². The van der Waals surface area contributed by atoms with Gasteiger partial charge in [-0.3, -0.25) is 0 Å². The van der Waals surface area contributed by atoms with Crippen LogP contribution in [0.25, 0.3) is 0 Å². The predicted molar refractivity (Wildman–Crippen MR) is 71.3 cm³/mol. The lowest BCUT2D eigenvalue weighted by molar-refractivity contribution is -0.0338. The Morgan fingerprint density at radius 2 is 2.12 bits per heavy atom. The second kappa shape index (κ2) is 5.25. The van der Waals surface area contributed by atoms with Gasteiger partial charge in [0.25, 0.3) is 0 Å². The first-order chi connectivity index (χ1) is 8.00. The van der Waals surface area contributed by atoms with Crippen molar-refractivity contribution in [1.82, 2.24) is 10.2 Å². The van der Waals surface area contributed by atoms with Gasteiger partial charge in [-0.2, -0.15) is 0 Å². The van der Waals surface area contributed by atoms with Gasteiger partial charge in [-0.05, 0) is 52.6 Å². The molecule has 0 bridgehead atoms. The topological polar surface area (TPSA) is 24.5 Å². The normalized spacial score (nSPS) is 38.5. The van der Waals surface area contributed by atoms with Crippen LogP contribution in [-0.4, -0.2) is 49.3 Å². The third-order valence-electron chi connectivity index (χ3n) is 4.38. The summed E-state index contributed by atoms with van der Waals surface area (Å²) in [6.45, 7) is 10.3. The van der Waals surface area contributed by atoms with Gasteiger partial charge in [0, 0.05) is 19.1 Å². The number of ether oxygens (including phenoxy) is 1. The van der Waals surface area contributed by atoms with E-state index in [1.165, 1.54) is 32.4 Å². The maximum absolute atomic E-state index is 6.08. The van der Waals surface area contributed by atoms with Crippen LogP contribution in [0.4, 0.5) is 0 Å². The fourth-order valence-electron chi connectivity index (χ4n) is 3.32. The predicted octanol–water partition coefficient (Wildman–Crippen LogP) is 1.87. The molecule has 0 radical (unpaired) electrons. The summed E-state index contributed by atoms with van der Waals surface area (Å²) in [4.78, 5) is 2.59. The quantitative estimate of drug-likeness (QED) is 0.815. The van der Waals surface area contributed by atoms with Gasteiger partial charge >= 0.3 is 0 Å². The summed E-state index contributed by atoms with van der Waals surface area (Å²) in [6, 6.07) is 0.701. The molecular formula is C14H28N2O. The molecule has 2 aliphatic heterocycles. The summed E-state index contributed by atoms with van der Waals surface area (Å²) in [7, 11) is 2.08. The van der Waals surface area contributed by atoms with E-state index in [-0.39, 0.29) is 5.60 Å². The summed E-state index contributed by atoms with van der Waals surface area (Å²) >= 11 is 0. The zero-order chi connectivity index (χ0) is 12.5. The van der Waals surface area contributed by atoms with Crippen LogP contribution in [0.1, 0.15) is 40.0 Å². The van der Waals surface area contributed by atoms with Crippen molar-refractivity contribution in [1.29, 1.82) is 0 Å². The molecule has 2 aliphatic rings. The first-order valence-corrected chi connectivity index (χ1v) is 7.07. The van der Waals surface area contributed by atoms with Crippen LogP contribution in [0.3, 0.4) is 0 Å². The monoisotopic (exact) mass is 240 g/mol. The standard InChI is InChI=1S/C14H28N2O/c1-11-9-16(8-6-13(11)15-4)10-12-5-7-14(2,3)17-12/h11-13,15H,5-10H2,1-4H3. The van der Waals surface area contributed by atoms with E-state index < -0.39 is 0 Å². The Labute approximate surface area is 106 Å². The first-order valence-electron chi connectivity index (χ1n) is 7.07. The molecule has 3 atom stereocenters. The van der Waals surface area contributed by atoms with Crippen LogP contribution in [0.2, 0.25) is 0 Å². The molecule has 17 heavy (non-hydrogen) atoms. The van der Waals surface area contributed by atoms with E-state index in [1.807, 2.05) is 0 Å². The third-order valence-corrected chi connectivity index (χ3v) is 4.38. The maximum Gasteiger partial charge on any atom is 0.0710 e. The van der Waals surface area contributed by atoms with Gasteiger partial charge in [0.05, 0.1) is 11.7 Å². The van der Waals surface area contributed by atoms with Gasteiger partial charge in [0.1, 0.15) is 0 Å². The first kappa shape index (κ1) is 13.3. The minimum absolute atomic E-state index is 0.111. The molecule has 2 heterocycles. The van der Waals surface area contributed by atoms with Crippen molar-refractivity contribution in [3.63, 3.8) is 0 Å². The number of likely N-dealkylation sites (tertiary alicyclic amines) is 1. The number of piperidine rings is 1. The SMILES string of the molecule is CNC1CCN(CC2CCC(C)(C)O2)CC1C. The van der Waals surface area contributed by atoms with Crippen molar-refractivity contribution >= 4 is 0 Å². The number of nitrogens with one attached hydrogen (secondary N) is 1. The molecule has 0 aromatic heterocycles. The van der Waals surface area contributed by atoms with Crippen molar-refractivity contribution in [3.05, 3.63) is 0 Å². The Bertz CT molecular complexity index is 255. The Morgan fingerprint density at radius 1 is 1.35 bits per heavy atom. The van der Waals surface area contributed by atoms with Gasteiger partial charge in [-0.15, -0.1) is 0 Å². The van der Waals surface area contributed by atoms with Crippen LogP contribution in [0, 0.1) is 5.92 Å². The van der Waals surface area contributed by atoms with Crippen molar-refractivity contribution in [2.75, 3.05) is 26.7 Å². The lowest BCUT2D eigenvalue weighted by Gasteiger charge is -2.38. The Balaban J connectivity index is 1.78. The zero-order valence-corrected chi connectivity index (χ0v) is 11.8. The van der Waals surface area contributed by atoms with E-state index in [1.54, 1.807) is 0 Å². The Hall–Kier alpha value is -0.120. The molecule has 2 saturated heterocycles. The highest BCUT2D eigenvalue weighted by atomic mass is 16.5. The van der Waals surface area contributed by atoms with Gasteiger partial charge in [-0.1, -0.05) is 6.92 Å². The van der Waals surface area contributed by atoms with Gasteiger partial charge < -0.3 is 15.0 Å². The van der Waals surface area contributed by atoms with E-state index in [9.17, 15) is 0 Å². The lowest BCUT2D eigenvalue weighted by atomic mass is 9.94. The van der Waals surface area contributed by atoms with Crippen molar-refractivity contribution in [3.8, 4) is 0 Å². The summed E-state index contributed by atoms with van der Waals surface area (Å²) in [5, 5.41) is 3.42. The summed E-state index contributed by atoms with van der Waals surface area (Å²) in [5.74, 6) is 0.753. The van der Waals surface area contributed by atoms with Crippen molar-refractivity contribution in [2.24, 2.45) is 5.92 Å². The number of hydrogen-bond acceptors (Lipinski definition) is 3. The van der Waals surface area contributed by atoms with Crippen LogP contribution < -0.4 is 5.32 Å². The minimum Gasteiger partial charge on any atom is -0.371 e. The van der Waals surface area contributed by atoms with Gasteiger partial charge in [-0.25, -0.2) is 0 Å². The molecule has 0 saturated carbocycles. The molecule has 100 valence electrons. The lowest BCUT2D eigenvalue weighted by Crippen LogP contribution is -2.49. The number of hydrogen-bond donors (Lipinski definition) is 1. The molecular weight excluding hydrogens is 212 g/mol. The minimum atomic E-state index is 0.111. The third kappa shape index (κ3) is 3.43. The average Bonchev–Trinajstić information content (AvgIpc) is 2.58. The molecule has 1 N–H and O–H groups in total. The molecule has 0 spiro atoms. The van der Waals surface area contributed by atoms with E-state index in [4.69, 9.17) is 4.74 Å². The van der Waals surface area contributed by atoms with E-state index >= 15 is 0 Å². The fourth-order valence-corrected chi connectivity index (χ4v) is 3.32. The molecule has 2 rings (SSSR count). The highest BCUT2D eigenvalue weighted by Crippen LogP contribution is 2.30. The molecule has 0 amide bonds. The van der Waals surface area contributed by atoms with Crippen LogP contribution in [-0.2, 0) is 4.74 Å². The van der Waals surface area contributed by atoms with Crippen LogP contribution in [0.5, 0.6) is 0 Å². The summed E-state index contributed by atoms with van der Waals surface area (Å²) in [5.41, 5.74) is 0.111. The van der Waals surface area contributed by atoms with E-state index in [2.05, 4.69) is 38.0 Å². The Morgan fingerprint density at radius 3 is 2.65 bits per heavy atom. The van der Waals surface area contributed by atoms with Crippen molar-refractivity contribution in [2.45, 2.75) is 57.8 Å². The number of rotatable bonds is 3. The highest BCUT2D eigenvalue weighted by molar-refractivity contribution is 4.86. The molecule has 3 heteroatoms. The second-order valence-corrected chi connectivity index (χ2v) is 6.46. The molecule has 3 unspecified atom stereocenters. The average molecular weight is 240 g/mol. The number of nitrogens with zero attached hydrogens (tertiary/aromatic N) is 1. The second-order valence-electron chi connectivity index (χ2n) is 6.46. The summed E-state index contributed by atoms with van der Waals surface area (Å²) < 4.78 is 6.08. The fraction of sp³-hybridized carbons (Fsp3) is 1.00. The molecule has 3 nitrogen and oxygen atoms in total. The smallest absolute Gasteiger partial charge is 0.0710 e. The van der Waals surface area contributed by atoms with Crippen molar-refractivity contribution < 1.29 is 4.74 Å². The van der Waals surface area contributed by atoms with Gasteiger partial charge in [0.15, 0.2) is 0 Å². The highest BCUT2D eigenvalue weighted by Gasteiger charge is 2.34. The molecule has 2 fully saturated rings.